The fourth-order valence-electron chi connectivity index (χ4n) is 3.74. The van der Waals surface area contributed by atoms with Crippen LogP contribution >= 0.6 is 0 Å². The van der Waals surface area contributed by atoms with Crippen molar-refractivity contribution in [3.05, 3.63) is 70.8 Å². The first-order valence-corrected chi connectivity index (χ1v) is 9.08. The third kappa shape index (κ3) is 3.09. The Kier molecular flexibility index (Phi) is 4.74. The summed E-state index contributed by atoms with van der Waals surface area (Å²) in [4.78, 5) is 25.2. The summed E-state index contributed by atoms with van der Waals surface area (Å²) in [6.07, 6.45) is 1.97. The Morgan fingerprint density at radius 1 is 0.893 bits per heavy atom. The fourth-order valence-corrected chi connectivity index (χ4v) is 3.74. The van der Waals surface area contributed by atoms with Gasteiger partial charge in [0.1, 0.15) is 11.5 Å². The summed E-state index contributed by atoms with van der Waals surface area (Å²) in [6, 6.07) is 14.6. The van der Waals surface area contributed by atoms with E-state index in [2.05, 4.69) is 6.07 Å². The lowest BCUT2D eigenvalue weighted by molar-refractivity contribution is 0.0476. The second kappa shape index (κ2) is 7.35. The van der Waals surface area contributed by atoms with Gasteiger partial charge >= 0.3 is 5.97 Å². The van der Waals surface area contributed by atoms with Crippen molar-refractivity contribution in [2.75, 3.05) is 20.8 Å². The molecule has 0 N–H and O–H groups in total. The van der Waals surface area contributed by atoms with Gasteiger partial charge in [-0.25, -0.2) is 4.79 Å². The third-order valence-electron chi connectivity index (χ3n) is 5.14. The molecule has 3 aromatic carbocycles. The summed E-state index contributed by atoms with van der Waals surface area (Å²) in [5.41, 5.74) is 3.33. The topological polar surface area (TPSA) is 61.8 Å². The molecule has 5 nitrogen and oxygen atoms in total. The Hall–Kier alpha value is -3.34. The SMILES string of the molecule is COc1ccc(C(=O)COC(=O)c2ccc3c4c(cccc24)CC3)c(OC)c1. The van der Waals surface area contributed by atoms with Crippen molar-refractivity contribution in [1.82, 2.24) is 0 Å². The number of Topliss-reactive ketones (excluding diaryl/α,β-unsaturated/α-hetero) is 1. The number of esters is 1. The van der Waals surface area contributed by atoms with Crippen molar-refractivity contribution in [3.63, 3.8) is 0 Å². The summed E-state index contributed by atoms with van der Waals surface area (Å²) >= 11 is 0. The molecule has 3 aromatic rings. The first-order valence-electron chi connectivity index (χ1n) is 9.08. The molecule has 0 amide bonds. The van der Waals surface area contributed by atoms with Gasteiger partial charge in [0, 0.05) is 6.07 Å². The predicted octanol–water partition coefficient (Wildman–Crippen LogP) is 4.00. The van der Waals surface area contributed by atoms with E-state index in [1.165, 1.54) is 25.3 Å². The second-order valence-electron chi connectivity index (χ2n) is 6.68. The molecular weight excluding hydrogens is 356 g/mol. The molecule has 0 bridgehead atoms. The molecular formula is C23H20O5. The Balaban J connectivity index is 1.54. The molecule has 0 aromatic heterocycles. The van der Waals surface area contributed by atoms with Crippen LogP contribution in [0.1, 0.15) is 31.8 Å². The normalized spacial score (nSPS) is 12.1. The van der Waals surface area contributed by atoms with E-state index in [-0.39, 0.29) is 12.4 Å². The zero-order valence-electron chi connectivity index (χ0n) is 15.8. The van der Waals surface area contributed by atoms with E-state index in [9.17, 15) is 9.59 Å². The number of benzene rings is 3. The molecule has 0 saturated carbocycles. The minimum absolute atomic E-state index is 0.334. The Labute approximate surface area is 162 Å². The second-order valence-corrected chi connectivity index (χ2v) is 6.68. The highest BCUT2D eigenvalue weighted by Gasteiger charge is 2.21. The summed E-state index contributed by atoms with van der Waals surface area (Å²) in [7, 11) is 3.01. The zero-order chi connectivity index (χ0) is 19.7. The maximum absolute atomic E-state index is 12.7. The molecule has 0 aliphatic heterocycles. The first-order chi connectivity index (χ1) is 13.6. The number of methoxy groups -OCH3 is 2. The van der Waals surface area contributed by atoms with Crippen molar-refractivity contribution < 1.29 is 23.8 Å². The van der Waals surface area contributed by atoms with Gasteiger partial charge in [0.2, 0.25) is 5.78 Å². The molecule has 0 fully saturated rings. The molecule has 1 aliphatic rings. The van der Waals surface area contributed by atoms with Crippen LogP contribution in [-0.4, -0.2) is 32.6 Å². The van der Waals surface area contributed by atoms with E-state index in [4.69, 9.17) is 14.2 Å². The zero-order valence-corrected chi connectivity index (χ0v) is 15.8. The molecule has 28 heavy (non-hydrogen) atoms. The van der Waals surface area contributed by atoms with Crippen LogP contribution < -0.4 is 9.47 Å². The number of ketones is 1. The Morgan fingerprint density at radius 3 is 2.39 bits per heavy atom. The van der Waals surface area contributed by atoms with Crippen LogP contribution in [-0.2, 0) is 17.6 Å². The van der Waals surface area contributed by atoms with Crippen LogP contribution in [0.5, 0.6) is 11.5 Å². The Bertz CT molecular complexity index is 1070. The largest absolute Gasteiger partial charge is 0.497 e. The van der Waals surface area contributed by atoms with Gasteiger partial charge in [-0.05, 0) is 52.9 Å². The highest BCUT2D eigenvalue weighted by molar-refractivity contribution is 6.08. The monoisotopic (exact) mass is 376 g/mol. The number of rotatable bonds is 6. The van der Waals surface area contributed by atoms with Gasteiger partial charge in [-0.15, -0.1) is 0 Å². The molecule has 0 unspecified atom stereocenters. The van der Waals surface area contributed by atoms with Gasteiger partial charge in [0.25, 0.3) is 0 Å². The summed E-state index contributed by atoms with van der Waals surface area (Å²) in [5, 5.41) is 2.02. The van der Waals surface area contributed by atoms with Gasteiger partial charge in [0.15, 0.2) is 6.61 Å². The van der Waals surface area contributed by atoms with Gasteiger partial charge in [0.05, 0.1) is 25.3 Å². The van der Waals surface area contributed by atoms with Crippen LogP contribution in [0, 0.1) is 0 Å². The average Bonchev–Trinajstić information content (AvgIpc) is 3.16. The summed E-state index contributed by atoms with van der Waals surface area (Å²) in [5.74, 6) is 0.124. The van der Waals surface area contributed by atoms with Crippen molar-refractivity contribution in [1.29, 1.82) is 0 Å². The maximum Gasteiger partial charge on any atom is 0.339 e. The predicted molar refractivity (Wildman–Crippen MR) is 106 cm³/mol. The van der Waals surface area contributed by atoms with Crippen LogP contribution in [0.25, 0.3) is 10.8 Å². The average molecular weight is 376 g/mol. The van der Waals surface area contributed by atoms with E-state index in [0.29, 0.717) is 22.6 Å². The molecule has 0 radical (unpaired) electrons. The molecule has 0 heterocycles. The lowest BCUT2D eigenvalue weighted by atomic mass is 10.00. The van der Waals surface area contributed by atoms with E-state index in [1.54, 1.807) is 24.3 Å². The number of carbonyl (C=O) groups is 2. The Morgan fingerprint density at radius 2 is 1.64 bits per heavy atom. The molecule has 4 rings (SSSR count). The van der Waals surface area contributed by atoms with Gasteiger partial charge in [-0.3, -0.25) is 4.79 Å². The van der Waals surface area contributed by atoms with Crippen molar-refractivity contribution in [2.45, 2.75) is 12.8 Å². The highest BCUT2D eigenvalue weighted by atomic mass is 16.5. The number of carbonyl (C=O) groups excluding carboxylic acids is 2. The molecule has 142 valence electrons. The van der Waals surface area contributed by atoms with Gasteiger partial charge in [-0.1, -0.05) is 24.3 Å². The minimum atomic E-state index is -0.503. The van der Waals surface area contributed by atoms with Gasteiger partial charge in [-0.2, -0.15) is 0 Å². The van der Waals surface area contributed by atoms with E-state index in [0.717, 1.165) is 23.6 Å². The van der Waals surface area contributed by atoms with Crippen LogP contribution in [0.4, 0.5) is 0 Å². The van der Waals surface area contributed by atoms with E-state index in [1.807, 2.05) is 18.2 Å². The number of hydrogen-bond donors (Lipinski definition) is 0. The summed E-state index contributed by atoms with van der Waals surface area (Å²) < 4.78 is 15.7. The molecule has 0 atom stereocenters. The molecule has 5 heteroatoms. The molecule has 0 spiro atoms. The number of aryl methyl sites for hydroxylation is 2. The fraction of sp³-hybridized carbons (Fsp3) is 0.217. The smallest absolute Gasteiger partial charge is 0.339 e. The minimum Gasteiger partial charge on any atom is -0.497 e. The molecule has 0 saturated heterocycles. The van der Waals surface area contributed by atoms with E-state index >= 15 is 0 Å². The lowest BCUT2D eigenvalue weighted by Gasteiger charge is -2.11. The first kappa shape index (κ1) is 18.0. The van der Waals surface area contributed by atoms with Crippen LogP contribution in [0.15, 0.2) is 48.5 Å². The van der Waals surface area contributed by atoms with Gasteiger partial charge < -0.3 is 14.2 Å². The standard InChI is InChI=1S/C23H20O5/c1-26-16-9-11-19(21(12-16)27-2)20(24)13-28-23(25)18-10-8-15-7-6-14-4-3-5-17(18)22(14)15/h3-5,8-12H,6-7,13H2,1-2H3. The lowest BCUT2D eigenvalue weighted by Crippen LogP contribution is -2.15. The highest BCUT2D eigenvalue weighted by Crippen LogP contribution is 2.33. The third-order valence-corrected chi connectivity index (χ3v) is 5.14. The molecule has 1 aliphatic carbocycles. The van der Waals surface area contributed by atoms with Crippen molar-refractivity contribution in [2.24, 2.45) is 0 Å². The number of hydrogen-bond acceptors (Lipinski definition) is 5. The summed E-state index contributed by atoms with van der Waals surface area (Å²) in [6.45, 7) is -0.357. The van der Waals surface area contributed by atoms with Crippen LogP contribution in [0.3, 0.4) is 0 Å². The quantitative estimate of drug-likeness (QED) is 0.481. The van der Waals surface area contributed by atoms with Crippen LogP contribution in [0.2, 0.25) is 0 Å². The van der Waals surface area contributed by atoms with Crippen molar-refractivity contribution in [3.8, 4) is 11.5 Å². The van der Waals surface area contributed by atoms with E-state index < -0.39 is 5.97 Å². The number of ether oxygens (including phenoxy) is 3. The van der Waals surface area contributed by atoms with Crippen molar-refractivity contribution >= 4 is 22.5 Å². The maximum atomic E-state index is 12.7.